The van der Waals surface area contributed by atoms with Crippen molar-refractivity contribution in [1.29, 1.82) is 0 Å². The highest BCUT2D eigenvalue weighted by Crippen LogP contribution is 2.37. The Bertz CT molecular complexity index is 676. The number of rotatable bonds is 6. The van der Waals surface area contributed by atoms with Crippen LogP contribution in [0.1, 0.15) is 41.9 Å². The number of carbonyl (C=O) groups excluding carboxylic acids is 1. The van der Waals surface area contributed by atoms with E-state index in [9.17, 15) is 4.79 Å². The summed E-state index contributed by atoms with van der Waals surface area (Å²) < 4.78 is 16.0. The first-order chi connectivity index (χ1) is 11.2. The van der Waals surface area contributed by atoms with E-state index >= 15 is 0 Å². The predicted octanol–water partition coefficient (Wildman–Crippen LogP) is 3.66. The lowest BCUT2D eigenvalue weighted by Gasteiger charge is -2.28. The molecule has 0 saturated heterocycles. The third-order valence-electron chi connectivity index (χ3n) is 4.18. The smallest absolute Gasteiger partial charge is 0.254 e. The van der Waals surface area contributed by atoms with Gasteiger partial charge in [0.25, 0.3) is 5.91 Å². The van der Waals surface area contributed by atoms with Crippen molar-refractivity contribution in [2.75, 3.05) is 14.2 Å². The molecule has 0 spiro atoms. The Morgan fingerprint density at radius 3 is 2.52 bits per heavy atom. The fraction of sp³-hybridized carbons (Fsp3) is 0.389. The molecule has 1 fully saturated rings. The van der Waals surface area contributed by atoms with Gasteiger partial charge in [-0.25, -0.2) is 0 Å². The van der Waals surface area contributed by atoms with Gasteiger partial charge in [0.05, 0.1) is 26.5 Å². The van der Waals surface area contributed by atoms with E-state index in [4.69, 9.17) is 13.9 Å². The minimum absolute atomic E-state index is 0.0163. The molecule has 2 aromatic rings. The Balaban J connectivity index is 1.90. The molecule has 0 radical (unpaired) electrons. The number of benzene rings is 1. The molecule has 1 aromatic heterocycles. The fourth-order valence-corrected chi connectivity index (χ4v) is 2.80. The van der Waals surface area contributed by atoms with Crippen LogP contribution in [0.5, 0.6) is 11.5 Å². The van der Waals surface area contributed by atoms with Crippen molar-refractivity contribution in [3.8, 4) is 11.5 Å². The molecule has 1 amide bonds. The highest BCUT2D eigenvalue weighted by molar-refractivity contribution is 5.95. The van der Waals surface area contributed by atoms with Crippen molar-refractivity contribution in [3.63, 3.8) is 0 Å². The summed E-state index contributed by atoms with van der Waals surface area (Å²) in [5.41, 5.74) is 0.591. The number of hydrogen-bond acceptors (Lipinski definition) is 4. The number of nitrogens with zero attached hydrogens (tertiary/aromatic N) is 1. The molecular formula is C18H21NO4. The largest absolute Gasteiger partial charge is 0.493 e. The Morgan fingerprint density at radius 1 is 1.22 bits per heavy atom. The lowest BCUT2D eigenvalue weighted by molar-refractivity contribution is 0.0652. The molecule has 23 heavy (non-hydrogen) atoms. The van der Waals surface area contributed by atoms with E-state index in [2.05, 4.69) is 0 Å². The van der Waals surface area contributed by atoms with Crippen LogP contribution in [-0.2, 0) is 0 Å². The first-order valence-corrected chi connectivity index (χ1v) is 7.73. The summed E-state index contributed by atoms with van der Waals surface area (Å²) in [4.78, 5) is 14.9. The van der Waals surface area contributed by atoms with Crippen LogP contribution < -0.4 is 9.47 Å². The number of carbonyl (C=O) groups is 1. The number of methoxy groups -OCH3 is 2. The van der Waals surface area contributed by atoms with Crippen LogP contribution in [0.25, 0.3) is 0 Å². The second kappa shape index (κ2) is 6.36. The van der Waals surface area contributed by atoms with E-state index in [1.54, 1.807) is 38.7 Å². The van der Waals surface area contributed by atoms with E-state index in [1.165, 1.54) is 0 Å². The Morgan fingerprint density at radius 2 is 1.96 bits per heavy atom. The van der Waals surface area contributed by atoms with Crippen LogP contribution in [0.4, 0.5) is 0 Å². The molecule has 0 aliphatic heterocycles. The summed E-state index contributed by atoms with van der Waals surface area (Å²) in [5, 5.41) is 0. The van der Waals surface area contributed by atoms with Gasteiger partial charge in [0.1, 0.15) is 5.76 Å². The van der Waals surface area contributed by atoms with Gasteiger partial charge in [0.15, 0.2) is 11.5 Å². The van der Waals surface area contributed by atoms with Gasteiger partial charge >= 0.3 is 0 Å². The molecule has 1 aromatic carbocycles. The number of hydrogen-bond donors (Lipinski definition) is 0. The predicted molar refractivity (Wildman–Crippen MR) is 85.9 cm³/mol. The van der Waals surface area contributed by atoms with E-state index in [1.807, 2.05) is 24.0 Å². The maximum Gasteiger partial charge on any atom is 0.254 e. The zero-order chi connectivity index (χ0) is 16.4. The van der Waals surface area contributed by atoms with Crippen LogP contribution in [0.2, 0.25) is 0 Å². The van der Waals surface area contributed by atoms with Gasteiger partial charge in [-0.2, -0.15) is 0 Å². The summed E-state index contributed by atoms with van der Waals surface area (Å²) in [5.74, 6) is 1.95. The van der Waals surface area contributed by atoms with Gasteiger partial charge in [-0.1, -0.05) is 0 Å². The lowest BCUT2D eigenvalue weighted by Crippen LogP contribution is -2.35. The zero-order valence-corrected chi connectivity index (χ0v) is 13.6. The average molecular weight is 315 g/mol. The zero-order valence-electron chi connectivity index (χ0n) is 13.6. The quantitative estimate of drug-likeness (QED) is 0.816. The standard InChI is InChI=1S/C18H21NO4/c1-12(15-5-4-10-23-15)19(14-7-8-14)18(20)13-6-9-16(21-2)17(11-13)22-3/h4-6,9-12,14H,7-8H2,1-3H3/t12-/m0/s1. The third-order valence-corrected chi connectivity index (χ3v) is 4.18. The first kappa shape index (κ1) is 15.5. The maximum absolute atomic E-state index is 13.0. The molecule has 1 aliphatic rings. The number of furan rings is 1. The highest BCUT2D eigenvalue weighted by atomic mass is 16.5. The topological polar surface area (TPSA) is 51.9 Å². The summed E-state index contributed by atoms with van der Waals surface area (Å²) in [7, 11) is 3.14. The summed E-state index contributed by atoms with van der Waals surface area (Å²) in [6, 6.07) is 9.18. The normalized spacial score (nSPS) is 15.1. The molecule has 122 valence electrons. The van der Waals surface area contributed by atoms with E-state index in [-0.39, 0.29) is 18.0 Å². The number of amides is 1. The maximum atomic E-state index is 13.0. The first-order valence-electron chi connectivity index (χ1n) is 7.73. The highest BCUT2D eigenvalue weighted by Gasteiger charge is 2.37. The van der Waals surface area contributed by atoms with Gasteiger partial charge in [-0.3, -0.25) is 4.79 Å². The molecule has 1 saturated carbocycles. The Kier molecular flexibility index (Phi) is 4.28. The van der Waals surface area contributed by atoms with Crippen molar-refractivity contribution >= 4 is 5.91 Å². The van der Waals surface area contributed by atoms with Crippen molar-refractivity contribution in [2.45, 2.75) is 31.8 Å². The summed E-state index contributed by atoms with van der Waals surface area (Å²) in [6.45, 7) is 2.00. The van der Waals surface area contributed by atoms with Crippen molar-refractivity contribution < 1.29 is 18.7 Å². The molecule has 1 atom stereocenters. The second-order valence-corrected chi connectivity index (χ2v) is 5.70. The van der Waals surface area contributed by atoms with Crippen LogP contribution in [-0.4, -0.2) is 31.1 Å². The molecule has 5 heteroatoms. The van der Waals surface area contributed by atoms with Gasteiger partial charge < -0.3 is 18.8 Å². The van der Waals surface area contributed by atoms with Crippen LogP contribution >= 0.6 is 0 Å². The fourth-order valence-electron chi connectivity index (χ4n) is 2.80. The molecule has 5 nitrogen and oxygen atoms in total. The second-order valence-electron chi connectivity index (χ2n) is 5.70. The van der Waals surface area contributed by atoms with Gasteiger partial charge in [-0.15, -0.1) is 0 Å². The average Bonchev–Trinajstić information content (AvgIpc) is 3.25. The van der Waals surface area contributed by atoms with Gasteiger partial charge in [0.2, 0.25) is 0 Å². The number of ether oxygens (including phenoxy) is 2. The van der Waals surface area contributed by atoms with E-state index in [0.29, 0.717) is 17.1 Å². The van der Waals surface area contributed by atoms with Crippen LogP contribution in [0.3, 0.4) is 0 Å². The molecule has 3 rings (SSSR count). The monoisotopic (exact) mass is 315 g/mol. The summed E-state index contributed by atoms with van der Waals surface area (Å²) >= 11 is 0. The molecule has 1 heterocycles. The van der Waals surface area contributed by atoms with E-state index < -0.39 is 0 Å². The van der Waals surface area contributed by atoms with Gasteiger partial charge in [0, 0.05) is 11.6 Å². The lowest BCUT2D eigenvalue weighted by atomic mass is 10.1. The van der Waals surface area contributed by atoms with Crippen molar-refractivity contribution in [3.05, 3.63) is 47.9 Å². The molecule has 0 N–H and O–H groups in total. The van der Waals surface area contributed by atoms with Crippen LogP contribution in [0.15, 0.2) is 41.0 Å². The minimum atomic E-state index is -0.0990. The molecule has 0 bridgehead atoms. The Labute approximate surface area is 135 Å². The van der Waals surface area contributed by atoms with E-state index in [0.717, 1.165) is 18.6 Å². The van der Waals surface area contributed by atoms with Crippen molar-refractivity contribution in [2.24, 2.45) is 0 Å². The van der Waals surface area contributed by atoms with Gasteiger partial charge in [-0.05, 0) is 50.1 Å². The van der Waals surface area contributed by atoms with Crippen molar-refractivity contribution in [1.82, 2.24) is 4.90 Å². The Hall–Kier alpha value is -2.43. The molecular weight excluding hydrogens is 294 g/mol. The molecule has 0 unspecified atom stereocenters. The molecule has 1 aliphatic carbocycles. The van der Waals surface area contributed by atoms with Crippen LogP contribution in [0, 0.1) is 0 Å². The third kappa shape index (κ3) is 3.04. The SMILES string of the molecule is COc1ccc(C(=O)N(C2CC2)[C@@H](C)c2ccco2)cc1OC. The summed E-state index contributed by atoms with van der Waals surface area (Å²) in [6.07, 6.45) is 3.70. The minimum Gasteiger partial charge on any atom is -0.493 e.